The van der Waals surface area contributed by atoms with Gasteiger partial charge in [0.25, 0.3) is 0 Å². The van der Waals surface area contributed by atoms with Crippen molar-refractivity contribution in [3.8, 4) is 18.1 Å². The topological polar surface area (TPSA) is 108 Å². The van der Waals surface area contributed by atoms with E-state index in [-0.39, 0.29) is 31.7 Å². The summed E-state index contributed by atoms with van der Waals surface area (Å²) in [6.45, 7) is 2.80. The first kappa shape index (κ1) is 26.9. The maximum atomic E-state index is 12.4. The Kier molecular flexibility index (Phi) is 9.98. The van der Waals surface area contributed by atoms with Crippen LogP contribution >= 0.6 is 11.6 Å². The van der Waals surface area contributed by atoms with Gasteiger partial charge in [0.15, 0.2) is 0 Å². The second-order valence-corrected chi connectivity index (χ2v) is 10.2. The Labute approximate surface area is 200 Å². The minimum absolute atomic E-state index is 0.0425. The molecular weight excluding hydrogens is 468 g/mol. The lowest BCUT2D eigenvalue weighted by atomic mass is 10.00. The molecule has 0 aliphatic carbocycles. The Morgan fingerprint density at radius 3 is 2.52 bits per heavy atom. The van der Waals surface area contributed by atoms with E-state index in [2.05, 4.69) is 28.4 Å². The van der Waals surface area contributed by atoms with Gasteiger partial charge in [0.1, 0.15) is 5.75 Å². The molecule has 1 atom stereocenters. The smallest absolute Gasteiger partial charge is 0.240 e. The second kappa shape index (κ2) is 12.2. The number of amides is 2. The number of nitrogens with one attached hydrogen (secondary N) is 2. The van der Waals surface area contributed by atoms with E-state index in [4.69, 9.17) is 22.8 Å². The van der Waals surface area contributed by atoms with Crippen LogP contribution in [0.25, 0.3) is 0 Å². The summed E-state index contributed by atoms with van der Waals surface area (Å²) >= 11 is 6.42. The summed E-state index contributed by atoms with van der Waals surface area (Å²) in [7, 11) is -2.04. The zero-order chi connectivity index (χ0) is 24.6. The maximum Gasteiger partial charge on any atom is 0.240 e. The molecular formula is C22H31ClN4O5S. The Hall–Kier alpha value is -2.32. The van der Waals surface area contributed by atoms with Gasteiger partial charge in [-0.25, -0.2) is 8.42 Å². The van der Waals surface area contributed by atoms with Gasteiger partial charge < -0.3 is 15.4 Å². The van der Waals surface area contributed by atoms with E-state index >= 15 is 0 Å². The molecule has 1 fully saturated rings. The van der Waals surface area contributed by atoms with Gasteiger partial charge in [-0.15, -0.1) is 6.42 Å². The summed E-state index contributed by atoms with van der Waals surface area (Å²) in [6, 6.07) is 5.31. The largest absolute Gasteiger partial charge is 0.497 e. The first-order valence-corrected chi connectivity index (χ1v) is 12.8. The second-order valence-electron chi connectivity index (χ2n) is 7.90. The molecule has 2 rings (SSSR count). The van der Waals surface area contributed by atoms with Crippen LogP contribution in [-0.4, -0.2) is 81.6 Å². The fourth-order valence-corrected chi connectivity index (χ4v) is 5.27. The molecule has 1 aromatic rings. The number of benzene rings is 1. The van der Waals surface area contributed by atoms with Crippen molar-refractivity contribution in [1.29, 1.82) is 0 Å². The van der Waals surface area contributed by atoms with Crippen molar-refractivity contribution in [3.63, 3.8) is 0 Å². The Morgan fingerprint density at radius 2 is 1.97 bits per heavy atom. The van der Waals surface area contributed by atoms with Gasteiger partial charge >= 0.3 is 0 Å². The summed E-state index contributed by atoms with van der Waals surface area (Å²) in [5.74, 6) is 1.97. The molecule has 1 aromatic carbocycles. The number of piperidine rings is 1. The highest BCUT2D eigenvalue weighted by molar-refractivity contribution is 7.88. The van der Waals surface area contributed by atoms with Gasteiger partial charge in [-0.05, 0) is 37.5 Å². The van der Waals surface area contributed by atoms with Crippen LogP contribution in [0.5, 0.6) is 5.75 Å². The van der Waals surface area contributed by atoms with Gasteiger partial charge in [0.2, 0.25) is 21.8 Å². The van der Waals surface area contributed by atoms with Crippen molar-refractivity contribution in [2.75, 3.05) is 46.1 Å². The number of likely N-dealkylation sites (tertiary alicyclic amines) is 1. The standard InChI is InChI=1S/C22H31ClN4O5S/c1-5-10-24-21(28)14-25-22(29)15-27(33(4,30)31)17-8-11-26(12-9-17)16(2)19-7-6-18(32-3)13-20(19)23/h1,6-7,13,16-17H,8-12,14-15H2,2-4H3,(H,24,28)(H,25,29). The third-order valence-electron chi connectivity index (χ3n) is 5.67. The van der Waals surface area contributed by atoms with Crippen LogP contribution in [-0.2, 0) is 19.6 Å². The van der Waals surface area contributed by atoms with Crippen molar-refractivity contribution >= 4 is 33.4 Å². The van der Waals surface area contributed by atoms with Crippen LogP contribution in [0.1, 0.15) is 31.4 Å². The molecule has 0 spiro atoms. The van der Waals surface area contributed by atoms with Crippen LogP contribution in [0.15, 0.2) is 18.2 Å². The predicted octanol–water partition coefficient (Wildman–Crippen LogP) is 1.00. The van der Waals surface area contributed by atoms with Gasteiger partial charge in [0.05, 0.1) is 33.0 Å². The van der Waals surface area contributed by atoms with Crippen LogP contribution in [0, 0.1) is 12.3 Å². The number of terminal acetylenes is 1. The molecule has 1 aliphatic rings. The molecule has 2 amide bonds. The summed E-state index contributed by atoms with van der Waals surface area (Å²) in [4.78, 5) is 26.1. The number of carbonyl (C=O) groups excluding carboxylic acids is 2. The molecule has 0 bridgehead atoms. The van der Waals surface area contributed by atoms with Crippen LogP contribution in [0.4, 0.5) is 0 Å². The predicted molar refractivity (Wildman–Crippen MR) is 127 cm³/mol. The van der Waals surface area contributed by atoms with Crippen LogP contribution < -0.4 is 15.4 Å². The summed E-state index contributed by atoms with van der Waals surface area (Å²) < 4.78 is 31.2. The normalized spacial score (nSPS) is 16.1. The van der Waals surface area contributed by atoms with Gasteiger partial charge in [-0.1, -0.05) is 23.6 Å². The highest BCUT2D eigenvalue weighted by Crippen LogP contribution is 2.32. The fraction of sp³-hybridized carbons (Fsp3) is 0.545. The van der Waals surface area contributed by atoms with E-state index < -0.39 is 21.8 Å². The van der Waals surface area contributed by atoms with Crippen LogP contribution in [0.3, 0.4) is 0 Å². The molecule has 1 unspecified atom stereocenters. The van der Waals surface area contributed by atoms with Crippen LogP contribution in [0.2, 0.25) is 5.02 Å². The molecule has 1 aliphatic heterocycles. The number of methoxy groups -OCH3 is 1. The Morgan fingerprint density at radius 1 is 1.30 bits per heavy atom. The molecule has 0 saturated carbocycles. The van der Waals surface area contributed by atoms with Gasteiger partial charge in [-0.3, -0.25) is 14.5 Å². The number of carbonyl (C=O) groups is 2. The maximum absolute atomic E-state index is 12.4. The van der Waals surface area contributed by atoms with Crippen molar-refractivity contribution in [3.05, 3.63) is 28.8 Å². The Bertz CT molecular complexity index is 987. The molecule has 1 heterocycles. The van der Waals surface area contributed by atoms with E-state index in [0.29, 0.717) is 36.7 Å². The fourth-order valence-electron chi connectivity index (χ4n) is 3.84. The summed E-state index contributed by atoms with van der Waals surface area (Å²) in [5, 5.41) is 5.48. The lowest BCUT2D eigenvalue weighted by Crippen LogP contribution is -2.51. The lowest BCUT2D eigenvalue weighted by molar-refractivity contribution is -0.126. The number of ether oxygens (including phenoxy) is 1. The number of hydrogen-bond donors (Lipinski definition) is 2. The summed E-state index contributed by atoms with van der Waals surface area (Å²) in [6.07, 6.45) is 7.30. The number of sulfonamides is 1. The number of rotatable bonds is 10. The molecule has 11 heteroatoms. The van der Waals surface area contributed by atoms with E-state index in [9.17, 15) is 18.0 Å². The monoisotopic (exact) mass is 498 g/mol. The average Bonchev–Trinajstić information content (AvgIpc) is 2.78. The first-order valence-electron chi connectivity index (χ1n) is 10.6. The molecule has 1 saturated heterocycles. The molecule has 2 N–H and O–H groups in total. The van der Waals surface area contributed by atoms with Gasteiger partial charge in [0, 0.05) is 30.2 Å². The van der Waals surface area contributed by atoms with E-state index in [1.165, 1.54) is 4.31 Å². The van der Waals surface area contributed by atoms with Crippen molar-refractivity contribution < 1.29 is 22.7 Å². The average molecular weight is 499 g/mol. The number of hydrogen-bond acceptors (Lipinski definition) is 6. The van der Waals surface area contributed by atoms with E-state index in [1.807, 2.05) is 12.1 Å². The molecule has 9 nitrogen and oxygen atoms in total. The number of nitrogens with zero attached hydrogens (tertiary/aromatic N) is 2. The zero-order valence-corrected chi connectivity index (χ0v) is 20.7. The quantitative estimate of drug-likeness (QED) is 0.466. The number of halogens is 1. The van der Waals surface area contributed by atoms with Crippen molar-refractivity contribution in [2.24, 2.45) is 0 Å². The highest BCUT2D eigenvalue weighted by atomic mass is 35.5. The molecule has 182 valence electrons. The van der Waals surface area contributed by atoms with Gasteiger partial charge in [-0.2, -0.15) is 4.31 Å². The molecule has 0 aromatic heterocycles. The minimum atomic E-state index is -3.62. The SMILES string of the molecule is C#CCNC(=O)CNC(=O)CN(C1CCN(C(C)c2ccc(OC)cc2Cl)CC1)S(C)(=O)=O. The minimum Gasteiger partial charge on any atom is -0.497 e. The highest BCUT2D eigenvalue weighted by Gasteiger charge is 2.33. The Balaban J connectivity index is 1.96. The third kappa shape index (κ3) is 7.89. The molecule has 0 radical (unpaired) electrons. The third-order valence-corrected chi connectivity index (χ3v) is 7.28. The lowest BCUT2D eigenvalue weighted by Gasteiger charge is -2.39. The van der Waals surface area contributed by atoms with Crippen molar-refractivity contribution in [2.45, 2.75) is 31.8 Å². The van der Waals surface area contributed by atoms with E-state index in [1.54, 1.807) is 13.2 Å². The van der Waals surface area contributed by atoms with E-state index in [0.717, 1.165) is 11.8 Å². The van der Waals surface area contributed by atoms with Crippen molar-refractivity contribution in [1.82, 2.24) is 19.8 Å². The zero-order valence-electron chi connectivity index (χ0n) is 19.1. The first-order chi connectivity index (χ1) is 15.6. The molecule has 33 heavy (non-hydrogen) atoms. The summed E-state index contributed by atoms with van der Waals surface area (Å²) in [5.41, 5.74) is 0.971.